The van der Waals surface area contributed by atoms with Crippen molar-refractivity contribution in [3.05, 3.63) is 46.7 Å². The molecular weight excluding hydrogens is 238 g/mol. The lowest BCUT2D eigenvalue weighted by molar-refractivity contribution is -0.116. The van der Waals surface area contributed by atoms with Gasteiger partial charge in [-0.2, -0.15) is 5.10 Å². The van der Waals surface area contributed by atoms with E-state index < -0.39 is 0 Å². The number of carbonyl (C=O) groups is 1. The van der Waals surface area contributed by atoms with Crippen molar-refractivity contribution >= 4 is 23.2 Å². The molecule has 3 rings (SSSR count). The Kier molecular flexibility index (Phi) is 2.37. The van der Waals surface area contributed by atoms with Crippen LogP contribution in [0.4, 0.5) is 5.69 Å². The maximum Gasteiger partial charge on any atom is 0.225 e. The van der Waals surface area contributed by atoms with Gasteiger partial charge in [0.05, 0.1) is 0 Å². The van der Waals surface area contributed by atoms with Gasteiger partial charge < -0.3 is 5.32 Å². The van der Waals surface area contributed by atoms with Gasteiger partial charge in [-0.15, -0.1) is 0 Å². The fourth-order valence-electron chi connectivity index (χ4n) is 2.17. The number of fused-ring (bicyclic) bond motifs is 1. The molecule has 17 heavy (non-hydrogen) atoms. The molecule has 2 aromatic rings. The Labute approximate surface area is 103 Å². The number of carbonyl (C=O) groups excluding carboxylic acids is 1. The molecule has 0 aliphatic carbocycles. The third kappa shape index (κ3) is 1.80. The summed E-state index contributed by atoms with van der Waals surface area (Å²) in [7, 11) is 0. The van der Waals surface area contributed by atoms with Crippen molar-refractivity contribution in [1.29, 1.82) is 0 Å². The lowest BCUT2D eigenvalue weighted by atomic mass is 9.88. The van der Waals surface area contributed by atoms with E-state index in [4.69, 9.17) is 11.6 Å². The molecule has 1 aromatic carbocycles. The largest absolute Gasteiger partial charge is 0.326 e. The first-order valence-electron chi connectivity index (χ1n) is 5.32. The van der Waals surface area contributed by atoms with Crippen molar-refractivity contribution in [3.8, 4) is 0 Å². The number of amides is 1. The molecule has 1 aliphatic heterocycles. The highest BCUT2D eigenvalue weighted by Gasteiger charge is 2.27. The molecule has 2 heterocycles. The Hall–Kier alpha value is -1.81. The normalized spacial score (nSPS) is 18.6. The topological polar surface area (TPSA) is 57.8 Å². The number of benzene rings is 1. The Bertz CT molecular complexity index is 565. The summed E-state index contributed by atoms with van der Waals surface area (Å²) < 4.78 is 0. The van der Waals surface area contributed by atoms with Crippen LogP contribution in [0.3, 0.4) is 0 Å². The number of H-pyrrole nitrogens is 1. The maximum atomic E-state index is 11.6. The van der Waals surface area contributed by atoms with Gasteiger partial charge in [-0.3, -0.25) is 9.89 Å². The van der Waals surface area contributed by atoms with Crippen molar-refractivity contribution in [2.24, 2.45) is 0 Å². The molecule has 0 fully saturated rings. The number of halogens is 1. The van der Waals surface area contributed by atoms with Crippen LogP contribution in [0.15, 0.2) is 30.5 Å². The van der Waals surface area contributed by atoms with E-state index in [1.807, 2.05) is 18.2 Å². The van der Waals surface area contributed by atoms with Gasteiger partial charge in [0.15, 0.2) is 0 Å². The Balaban J connectivity index is 2.13. The molecule has 1 atom stereocenters. The molecule has 86 valence electrons. The van der Waals surface area contributed by atoms with E-state index in [1.54, 1.807) is 12.3 Å². The van der Waals surface area contributed by atoms with E-state index in [0.717, 1.165) is 16.9 Å². The number of hydrogen-bond acceptors (Lipinski definition) is 2. The number of nitrogens with one attached hydrogen (secondary N) is 2. The standard InChI is InChI=1S/C12H10ClN3O/c13-7-1-2-10-8(5-7)9(6-12(17)15-10)11-3-4-14-16-11/h1-5,9H,6H2,(H,14,16)(H,15,17). The molecule has 5 heteroatoms. The van der Waals surface area contributed by atoms with Gasteiger partial charge in [0, 0.05) is 34.9 Å². The van der Waals surface area contributed by atoms with Gasteiger partial charge in [0.1, 0.15) is 0 Å². The predicted molar refractivity (Wildman–Crippen MR) is 65.1 cm³/mol. The number of aromatic nitrogens is 2. The number of nitrogens with zero attached hydrogens (tertiary/aromatic N) is 1. The van der Waals surface area contributed by atoms with Crippen LogP contribution in [0.25, 0.3) is 0 Å². The van der Waals surface area contributed by atoms with E-state index in [2.05, 4.69) is 15.5 Å². The summed E-state index contributed by atoms with van der Waals surface area (Å²) in [5.74, 6) is 0.0133. The summed E-state index contributed by atoms with van der Waals surface area (Å²) in [6.45, 7) is 0. The van der Waals surface area contributed by atoms with Gasteiger partial charge in [0.2, 0.25) is 5.91 Å². The second-order valence-electron chi connectivity index (χ2n) is 4.05. The molecule has 0 saturated heterocycles. The zero-order valence-electron chi connectivity index (χ0n) is 8.90. The third-order valence-corrected chi connectivity index (χ3v) is 3.19. The van der Waals surface area contributed by atoms with E-state index in [-0.39, 0.29) is 11.8 Å². The van der Waals surface area contributed by atoms with Crippen LogP contribution in [-0.4, -0.2) is 16.1 Å². The van der Waals surface area contributed by atoms with Crippen molar-refractivity contribution < 1.29 is 4.79 Å². The molecule has 1 aliphatic rings. The number of anilines is 1. The Morgan fingerprint density at radius 1 is 1.35 bits per heavy atom. The lowest BCUT2D eigenvalue weighted by Crippen LogP contribution is -2.23. The number of hydrogen-bond donors (Lipinski definition) is 2. The summed E-state index contributed by atoms with van der Waals surface area (Å²) in [6.07, 6.45) is 2.10. The highest BCUT2D eigenvalue weighted by Crippen LogP contribution is 2.37. The smallest absolute Gasteiger partial charge is 0.225 e. The molecule has 0 radical (unpaired) electrons. The first-order valence-corrected chi connectivity index (χ1v) is 5.70. The minimum atomic E-state index is -0.0000463. The predicted octanol–water partition coefficient (Wildman–Crippen LogP) is 2.54. The van der Waals surface area contributed by atoms with Crippen LogP contribution >= 0.6 is 11.6 Å². The summed E-state index contributed by atoms with van der Waals surface area (Å²) in [6, 6.07) is 7.38. The van der Waals surface area contributed by atoms with Crippen molar-refractivity contribution in [2.45, 2.75) is 12.3 Å². The average molecular weight is 248 g/mol. The zero-order chi connectivity index (χ0) is 11.8. The second-order valence-corrected chi connectivity index (χ2v) is 4.48. The number of rotatable bonds is 1. The molecule has 1 unspecified atom stereocenters. The van der Waals surface area contributed by atoms with Crippen LogP contribution in [0.1, 0.15) is 23.6 Å². The van der Waals surface area contributed by atoms with Gasteiger partial charge >= 0.3 is 0 Å². The summed E-state index contributed by atoms with van der Waals surface area (Å²) in [5, 5.41) is 10.4. The third-order valence-electron chi connectivity index (χ3n) is 2.95. The highest BCUT2D eigenvalue weighted by atomic mass is 35.5. The molecule has 2 N–H and O–H groups in total. The van der Waals surface area contributed by atoms with Gasteiger partial charge in [-0.1, -0.05) is 11.6 Å². The van der Waals surface area contributed by atoms with Crippen molar-refractivity contribution in [1.82, 2.24) is 10.2 Å². The minimum absolute atomic E-state index is 0.0000463. The SMILES string of the molecule is O=C1CC(c2ccn[nH]2)c2cc(Cl)ccc2N1. The Morgan fingerprint density at radius 2 is 2.24 bits per heavy atom. The van der Waals surface area contributed by atoms with E-state index in [0.29, 0.717) is 11.4 Å². The lowest BCUT2D eigenvalue weighted by Gasteiger charge is -2.24. The first kappa shape index (κ1) is 10.4. The van der Waals surface area contributed by atoms with Crippen LogP contribution in [0, 0.1) is 0 Å². The highest BCUT2D eigenvalue weighted by molar-refractivity contribution is 6.30. The first-order chi connectivity index (χ1) is 8.24. The minimum Gasteiger partial charge on any atom is -0.326 e. The molecule has 0 spiro atoms. The molecule has 0 saturated carbocycles. The van der Waals surface area contributed by atoms with Crippen molar-refractivity contribution in [2.75, 3.05) is 5.32 Å². The van der Waals surface area contributed by atoms with Gasteiger partial charge in [-0.05, 0) is 29.8 Å². The summed E-state index contributed by atoms with van der Waals surface area (Å²) in [5.41, 5.74) is 2.79. The molecular formula is C12H10ClN3O. The fraction of sp³-hybridized carbons (Fsp3) is 0.167. The molecule has 1 amide bonds. The molecule has 0 bridgehead atoms. The quantitative estimate of drug-likeness (QED) is 0.814. The van der Waals surface area contributed by atoms with Crippen molar-refractivity contribution in [3.63, 3.8) is 0 Å². The maximum absolute atomic E-state index is 11.6. The second kappa shape index (κ2) is 3.89. The van der Waals surface area contributed by atoms with Gasteiger partial charge in [0.25, 0.3) is 0 Å². The van der Waals surface area contributed by atoms with E-state index >= 15 is 0 Å². The number of aromatic amines is 1. The van der Waals surface area contributed by atoms with E-state index in [9.17, 15) is 4.79 Å². The average Bonchev–Trinajstić information content (AvgIpc) is 2.82. The summed E-state index contributed by atoms with van der Waals surface area (Å²) in [4.78, 5) is 11.6. The van der Waals surface area contributed by atoms with E-state index in [1.165, 1.54) is 0 Å². The van der Waals surface area contributed by atoms with Crippen LogP contribution in [0.5, 0.6) is 0 Å². The van der Waals surface area contributed by atoms with Crippen LogP contribution < -0.4 is 5.32 Å². The van der Waals surface area contributed by atoms with Crippen LogP contribution in [0.2, 0.25) is 5.02 Å². The fourth-order valence-corrected chi connectivity index (χ4v) is 2.35. The van der Waals surface area contributed by atoms with Crippen LogP contribution in [-0.2, 0) is 4.79 Å². The monoisotopic (exact) mass is 247 g/mol. The van der Waals surface area contributed by atoms with Gasteiger partial charge in [-0.25, -0.2) is 0 Å². The summed E-state index contributed by atoms with van der Waals surface area (Å²) >= 11 is 6.00. The molecule has 4 nitrogen and oxygen atoms in total. The molecule has 1 aromatic heterocycles. The zero-order valence-corrected chi connectivity index (χ0v) is 9.66. The Morgan fingerprint density at radius 3 is 3.00 bits per heavy atom.